The Bertz CT molecular complexity index is 1100. The Labute approximate surface area is 198 Å². The summed E-state index contributed by atoms with van der Waals surface area (Å²) in [6, 6.07) is 15.3. The van der Waals surface area contributed by atoms with Crippen LogP contribution in [0.3, 0.4) is 0 Å². The van der Waals surface area contributed by atoms with E-state index >= 15 is 0 Å². The molecule has 0 aromatic heterocycles. The highest BCUT2D eigenvalue weighted by atomic mass is 16.5. The number of amides is 2. The van der Waals surface area contributed by atoms with Gasteiger partial charge in [-0.25, -0.2) is 4.79 Å². The lowest BCUT2D eigenvalue weighted by molar-refractivity contribution is -0.143. The standard InChI is InChI=1S/C27H30N2O5/c1-15(2)23(24(30)28-17-11-16-12-27(16,13-17)25(31)32)29-26(33)34-14-22-20-9-5-3-7-18(20)19-8-4-6-10-21(19)22/h3-10,15-17,22-23H,11-14H2,1-2H3,(H,28,30)(H,29,33)(H,31,32)/t16-,17+,23+,27+/m0/s1. The first kappa shape index (κ1) is 22.4. The Morgan fingerprint density at radius 1 is 1.03 bits per heavy atom. The van der Waals surface area contributed by atoms with Gasteiger partial charge in [-0.05, 0) is 53.4 Å². The third kappa shape index (κ3) is 3.83. The largest absolute Gasteiger partial charge is 0.481 e. The first-order valence-electron chi connectivity index (χ1n) is 12.0. The Morgan fingerprint density at radius 2 is 1.65 bits per heavy atom. The highest BCUT2D eigenvalue weighted by Gasteiger charge is 2.65. The number of ether oxygens (including phenoxy) is 1. The van der Waals surface area contributed by atoms with Crippen molar-refractivity contribution in [3.05, 3.63) is 59.7 Å². The summed E-state index contributed by atoms with van der Waals surface area (Å²) in [5.74, 6) is -1.13. The summed E-state index contributed by atoms with van der Waals surface area (Å²) < 4.78 is 5.60. The quantitative estimate of drug-likeness (QED) is 0.579. The average Bonchev–Trinajstić information content (AvgIpc) is 3.25. The second-order valence-corrected chi connectivity index (χ2v) is 10.2. The minimum absolute atomic E-state index is 0.0538. The van der Waals surface area contributed by atoms with Crippen LogP contribution in [0.15, 0.2) is 48.5 Å². The summed E-state index contributed by atoms with van der Waals surface area (Å²) in [6.45, 7) is 3.90. The Balaban J connectivity index is 1.20. The maximum atomic E-state index is 12.9. The van der Waals surface area contributed by atoms with E-state index in [9.17, 15) is 19.5 Å². The Hall–Kier alpha value is -3.35. The molecule has 0 saturated heterocycles. The first-order chi connectivity index (χ1) is 16.3. The zero-order chi connectivity index (χ0) is 24.0. The molecule has 0 bridgehead atoms. The smallest absolute Gasteiger partial charge is 0.407 e. The molecule has 0 aliphatic heterocycles. The van der Waals surface area contributed by atoms with Crippen LogP contribution in [0.25, 0.3) is 11.1 Å². The molecule has 7 heteroatoms. The van der Waals surface area contributed by atoms with Crippen LogP contribution >= 0.6 is 0 Å². The summed E-state index contributed by atoms with van der Waals surface area (Å²) in [6.07, 6.45) is 1.19. The van der Waals surface area contributed by atoms with E-state index < -0.39 is 23.5 Å². The molecule has 5 rings (SSSR count). The molecule has 2 aromatic rings. The van der Waals surface area contributed by atoms with Crippen molar-refractivity contribution in [1.29, 1.82) is 0 Å². The van der Waals surface area contributed by atoms with Crippen molar-refractivity contribution < 1.29 is 24.2 Å². The number of carboxylic acid groups (broad SMARTS) is 1. The molecule has 178 valence electrons. The van der Waals surface area contributed by atoms with Crippen molar-refractivity contribution in [3.8, 4) is 11.1 Å². The lowest BCUT2D eigenvalue weighted by Gasteiger charge is -2.25. The summed E-state index contributed by atoms with van der Waals surface area (Å²) in [4.78, 5) is 37.2. The molecule has 0 heterocycles. The number of fused-ring (bicyclic) bond motifs is 4. The van der Waals surface area contributed by atoms with E-state index in [-0.39, 0.29) is 36.3 Å². The van der Waals surface area contributed by atoms with Crippen molar-refractivity contribution in [1.82, 2.24) is 10.6 Å². The molecule has 3 N–H and O–H groups in total. The van der Waals surface area contributed by atoms with E-state index in [1.165, 1.54) is 0 Å². The van der Waals surface area contributed by atoms with Gasteiger partial charge in [-0.15, -0.1) is 0 Å². The topological polar surface area (TPSA) is 105 Å². The Kier molecular flexibility index (Phi) is 5.58. The molecule has 2 saturated carbocycles. The molecule has 34 heavy (non-hydrogen) atoms. The zero-order valence-electron chi connectivity index (χ0n) is 19.4. The van der Waals surface area contributed by atoms with E-state index in [1.807, 2.05) is 38.1 Å². The fraction of sp³-hybridized carbons (Fsp3) is 0.444. The summed E-state index contributed by atoms with van der Waals surface area (Å²) in [5, 5.41) is 15.2. The van der Waals surface area contributed by atoms with Crippen LogP contribution in [0.5, 0.6) is 0 Å². The van der Waals surface area contributed by atoms with Crippen molar-refractivity contribution in [3.63, 3.8) is 0 Å². The highest BCUT2D eigenvalue weighted by molar-refractivity contribution is 5.87. The molecule has 2 amide bonds. The van der Waals surface area contributed by atoms with Crippen molar-refractivity contribution >= 4 is 18.0 Å². The van der Waals surface area contributed by atoms with Gasteiger partial charge < -0.3 is 20.5 Å². The number of aliphatic carboxylic acids is 1. The number of rotatable bonds is 7. The van der Waals surface area contributed by atoms with Crippen LogP contribution in [0.2, 0.25) is 0 Å². The van der Waals surface area contributed by atoms with E-state index in [4.69, 9.17) is 4.74 Å². The molecule has 3 aliphatic carbocycles. The molecule has 3 aliphatic rings. The van der Waals surface area contributed by atoms with Gasteiger partial charge in [-0.1, -0.05) is 62.4 Å². The van der Waals surface area contributed by atoms with Gasteiger partial charge in [-0.2, -0.15) is 0 Å². The van der Waals surface area contributed by atoms with Crippen LogP contribution in [0.4, 0.5) is 4.79 Å². The summed E-state index contributed by atoms with van der Waals surface area (Å²) >= 11 is 0. The summed E-state index contributed by atoms with van der Waals surface area (Å²) in [5.41, 5.74) is 3.90. The number of benzene rings is 2. The number of carbonyl (C=O) groups excluding carboxylic acids is 2. The predicted octanol–water partition coefficient (Wildman–Crippen LogP) is 3.92. The fourth-order valence-corrected chi connectivity index (χ4v) is 5.86. The molecule has 4 atom stereocenters. The Morgan fingerprint density at radius 3 is 2.21 bits per heavy atom. The van der Waals surface area contributed by atoms with Gasteiger partial charge in [0.15, 0.2) is 0 Å². The third-order valence-electron chi connectivity index (χ3n) is 7.75. The number of hydrogen-bond donors (Lipinski definition) is 3. The molecule has 2 fully saturated rings. The van der Waals surface area contributed by atoms with Gasteiger partial charge in [0.1, 0.15) is 12.6 Å². The number of hydrogen-bond acceptors (Lipinski definition) is 4. The molecule has 2 aromatic carbocycles. The minimum atomic E-state index is -0.772. The summed E-state index contributed by atoms with van der Waals surface area (Å²) in [7, 11) is 0. The number of carboxylic acids is 1. The highest BCUT2D eigenvalue weighted by Crippen LogP contribution is 2.63. The van der Waals surface area contributed by atoms with E-state index in [0.717, 1.165) is 22.3 Å². The second kappa shape index (κ2) is 8.46. The predicted molar refractivity (Wildman–Crippen MR) is 126 cm³/mol. The lowest BCUT2D eigenvalue weighted by Crippen LogP contribution is -2.52. The van der Waals surface area contributed by atoms with E-state index in [2.05, 4.69) is 34.9 Å². The third-order valence-corrected chi connectivity index (χ3v) is 7.75. The van der Waals surface area contributed by atoms with Crippen molar-refractivity contribution in [2.45, 2.75) is 51.1 Å². The van der Waals surface area contributed by atoms with Crippen molar-refractivity contribution in [2.75, 3.05) is 6.61 Å². The van der Waals surface area contributed by atoms with Gasteiger partial charge in [0, 0.05) is 12.0 Å². The van der Waals surface area contributed by atoms with Gasteiger partial charge in [0.2, 0.25) is 5.91 Å². The molecule has 0 radical (unpaired) electrons. The number of carbonyl (C=O) groups is 3. The minimum Gasteiger partial charge on any atom is -0.481 e. The van der Waals surface area contributed by atoms with Crippen LogP contribution in [0, 0.1) is 17.3 Å². The molecule has 7 nitrogen and oxygen atoms in total. The molecule has 0 unspecified atom stereocenters. The lowest BCUT2D eigenvalue weighted by atomic mass is 9.98. The van der Waals surface area contributed by atoms with Crippen LogP contribution in [-0.4, -0.2) is 41.8 Å². The zero-order valence-corrected chi connectivity index (χ0v) is 19.4. The van der Waals surface area contributed by atoms with E-state index in [1.54, 1.807) is 0 Å². The van der Waals surface area contributed by atoms with Gasteiger partial charge in [0.05, 0.1) is 5.41 Å². The van der Waals surface area contributed by atoms with Crippen LogP contribution in [0.1, 0.15) is 50.2 Å². The second-order valence-electron chi connectivity index (χ2n) is 10.2. The monoisotopic (exact) mass is 462 g/mol. The van der Waals surface area contributed by atoms with Crippen LogP contribution in [-0.2, 0) is 14.3 Å². The molecular formula is C27H30N2O5. The fourth-order valence-electron chi connectivity index (χ4n) is 5.86. The van der Waals surface area contributed by atoms with Crippen molar-refractivity contribution in [2.24, 2.45) is 17.3 Å². The van der Waals surface area contributed by atoms with E-state index in [0.29, 0.717) is 19.3 Å². The van der Waals surface area contributed by atoms with Gasteiger partial charge >= 0.3 is 12.1 Å². The molecule has 0 spiro atoms. The number of nitrogens with one attached hydrogen (secondary N) is 2. The van der Waals surface area contributed by atoms with Gasteiger partial charge in [-0.3, -0.25) is 9.59 Å². The SMILES string of the molecule is CC(C)[C@@H](NC(=O)OCC1c2ccccc2-c2ccccc21)C(=O)N[C@@H]1C[C@H]2C[C@@]2(C(=O)O)C1. The van der Waals surface area contributed by atoms with Crippen LogP contribution < -0.4 is 10.6 Å². The van der Waals surface area contributed by atoms with Gasteiger partial charge in [0.25, 0.3) is 0 Å². The molecular weight excluding hydrogens is 432 g/mol. The maximum absolute atomic E-state index is 12.9. The number of alkyl carbamates (subject to hydrolysis) is 1. The average molecular weight is 463 g/mol. The normalized spacial score (nSPS) is 25.1. The maximum Gasteiger partial charge on any atom is 0.407 e. The first-order valence-corrected chi connectivity index (χ1v) is 12.0.